The van der Waals surface area contributed by atoms with Gasteiger partial charge in [0.25, 0.3) is 11.8 Å². The molecule has 2 aromatic heterocycles. The highest BCUT2D eigenvalue weighted by Gasteiger charge is 2.40. The molecule has 0 N–H and O–H groups in total. The van der Waals surface area contributed by atoms with Crippen molar-refractivity contribution >= 4 is 23.4 Å². The molecule has 0 saturated carbocycles. The first-order valence-corrected chi connectivity index (χ1v) is 14.1. The van der Waals surface area contributed by atoms with Crippen LogP contribution in [0.15, 0.2) is 54.7 Å². The summed E-state index contributed by atoms with van der Waals surface area (Å²) in [6.45, 7) is 6.91. The Morgan fingerprint density at radius 2 is 1.85 bits per heavy atom. The van der Waals surface area contributed by atoms with E-state index in [0.717, 1.165) is 28.1 Å². The van der Waals surface area contributed by atoms with Gasteiger partial charge in [-0.1, -0.05) is 35.9 Å². The summed E-state index contributed by atoms with van der Waals surface area (Å²) in [5.74, 6) is -0.288. The average molecular weight is 568 g/mol. The highest BCUT2D eigenvalue weighted by Crippen LogP contribution is 2.35. The van der Waals surface area contributed by atoms with Crippen molar-refractivity contribution in [2.75, 3.05) is 6.54 Å². The second kappa shape index (κ2) is 10.2. The van der Waals surface area contributed by atoms with Crippen molar-refractivity contribution in [1.29, 1.82) is 5.26 Å². The first-order valence-electron chi connectivity index (χ1n) is 13.7. The zero-order chi connectivity index (χ0) is 29.0. The Morgan fingerprint density at radius 1 is 1.10 bits per heavy atom. The molecule has 3 atom stereocenters. The summed E-state index contributed by atoms with van der Waals surface area (Å²) in [5, 5.41) is 19.0. The number of fused-ring (bicyclic) bond motifs is 3. The normalized spacial score (nSPS) is 19.0. The van der Waals surface area contributed by atoms with Gasteiger partial charge in [-0.15, -0.1) is 0 Å². The van der Waals surface area contributed by atoms with Crippen LogP contribution in [0.4, 0.5) is 0 Å². The Morgan fingerprint density at radius 3 is 2.54 bits per heavy atom. The summed E-state index contributed by atoms with van der Waals surface area (Å²) in [6.07, 6.45) is 2.46. The molecule has 208 valence electrons. The monoisotopic (exact) mass is 567 g/mol. The van der Waals surface area contributed by atoms with Crippen LogP contribution in [0.5, 0.6) is 0 Å². The molecular formula is C31H30ClN7O2. The zero-order valence-electron chi connectivity index (χ0n) is 23.4. The third kappa shape index (κ3) is 4.58. The lowest BCUT2D eigenvalue weighted by Gasteiger charge is -2.37. The summed E-state index contributed by atoms with van der Waals surface area (Å²) in [7, 11) is 1.89. The van der Waals surface area contributed by atoms with Crippen LogP contribution in [-0.4, -0.2) is 53.8 Å². The fraction of sp³-hybridized carbons (Fsp3) is 0.323. The number of hydrogen-bond donors (Lipinski definition) is 0. The van der Waals surface area contributed by atoms with Gasteiger partial charge in [-0.3, -0.25) is 19.0 Å². The first kappa shape index (κ1) is 26.8. The number of nitriles is 1. The molecule has 4 heterocycles. The number of halogens is 1. The van der Waals surface area contributed by atoms with Crippen molar-refractivity contribution in [3.05, 3.63) is 93.4 Å². The van der Waals surface area contributed by atoms with Gasteiger partial charge in [0.15, 0.2) is 0 Å². The van der Waals surface area contributed by atoms with Crippen molar-refractivity contribution in [2.45, 2.75) is 51.9 Å². The zero-order valence-corrected chi connectivity index (χ0v) is 24.1. The molecule has 0 spiro atoms. The third-order valence-corrected chi connectivity index (χ3v) is 8.58. The molecule has 4 aromatic rings. The average Bonchev–Trinajstić information content (AvgIpc) is 3.58. The van der Waals surface area contributed by atoms with Crippen LogP contribution in [0.2, 0.25) is 5.02 Å². The number of nitrogens with zero attached hydrogens (tertiary/aromatic N) is 7. The van der Waals surface area contributed by atoms with Crippen molar-refractivity contribution in [2.24, 2.45) is 7.05 Å². The largest absolute Gasteiger partial charge is 0.331 e. The summed E-state index contributed by atoms with van der Waals surface area (Å²) < 4.78 is 3.62. The van der Waals surface area contributed by atoms with E-state index in [9.17, 15) is 14.9 Å². The SMILES string of the molecule is CC(c1ccc(-c2ccn(C)n2)cc1)N1C[C@@H](C)n2nc3c(c2C1=O)CN(C(=O)c1ccc(Cl)c(C#N)c1)[C@H](C)C3. The number of hydrogen-bond acceptors (Lipinski definition) is 5. The summed E-state index contributed by atoms with van der Waals surface area (Å²) in [4.78, 5) is 31.3. The maximum atomic E-state index is 14.0. The Hall–Kier alpha value is -4.42. The van der Waals surface area contributed by atoms with E-state index in [1.807, 2.05) is 60.9 Å². The van der Waals surface area contributed by atoms with E-state index in [0.29, 0.717) is 29.2 Å². The quantitative estimate of drug-likeness (QED) is 0.338. The number of carbonyl (C=O) groups excluding carboxylic acids is 2. The Labute approximate surface area is 243 Å². The molecule has 0 fully saturated rings. The fourth-order valence-corrected chi connectivity index (χ4v) is 6.05. The van der Waals surface area contributed by atoms with Crippen molar-refractivity contribution in [3.8, 4) is 17.3 Å². The highest BCUT2D eigenvalue weighted by molar-refractivity contribution is 6.31. The number of amides is 2. The predicted octanol–water partition coefficient (Wildman–Crippen LogP) is 5.17. The summed E-state index contributed by atoms with van der Waals surface area (Å²) >= 11 is 6.09. The van der Waals surface area contributed by atoms with E-state index < -0.39 is 0 Å². The molecule has 0 radical (unpaired) electrons. The number of aryl methyl sites for hydroxylation is 1. The summed E-state index contributed by atoms with van der Waals surface area (Å²) in [6, 6.07) is 16.6. The van der Waals surface area contributed by atoms with E-state index in [2.05, 4.69) is 24.2 Å². The third-order valence-electron chi connectivity index (χ3n) is 8.25. The molecule has 10 heteroatoms. The molecule has 1 unspecified atom stereocenters. The molecule has 6 rings (SSSR count). The predicted molar refractivity (Wildman–Crippen MR) is 154 cm³/mol. The summed E-state index contributed by atoms with van der Waals surface area (Å²) in [5.41, 5.74) is 5.82. The smallest absolute Gasteiger partial charge is 0.273 e. The van der Waals surface area contributed by atoms with E-state index >= 15 is 0 Å². The number of carbonyl (C=O) groups is 2. The second-order valence-electron chi connectivity index (χ2n) is 11.0. The number of rotatable bonds is 4. The lowest BCUT2D eigenvalue weighted by molar-refractivity contribution is 0.0574. The van der Waals surface area contributed by atoms with Gasteiger partial charge in [-0.2, -0.15) is 15.5 Å². The van der Waals surface area contributed by atoms with Gasteiger partial charge >= 0.3 is 0 Å². The van der Waals surface area contributed by atoms with Gasteiger partial charge in [0.05, 0.1) is 40.6 Å². The van der Waals surface area contributed by atoms with Gasteiger partial charge in [0.2, 0.25) is 0 Å². The molecule has 2 aromatic carbocycles. The van der Waals surface area contributed by atoms with Crippen LogP contribution in [0.3, 0.4) is 0 Å². The van der Waals surface area contributed by atoms with Crippen LogP contribution in [0, 0.1) is 11.3 Å². The van der Waals surface area contributed by atoms with Crippen LogP contribution in [-0.2, 0) is 20.0 Å². The molecular weight excluding hydrogens is 538 g/mol. The molecule has 0 saturated heterocycles. The Balaban J connectivity index is 1.28. The highest BCUT2D eigenvalue weighted by atomic mass is 35.5. The minimum absolute atomic E-state index is 0.0162. The Kier molecular flexibility index (Phi) is 6.66. The van der Waals surface area contributed by atoms with Gasteiger partial charge in [0.1, 0.15) is 11.8 Å². The lowest BCUT2D eigenvalue weighted by Crippen LogP contribution is -2.45. The molecule has 41 heavy (non-hydrogen) atoms. The second-order valence-corrected chi connectivity index (χ2v) is 11.4. The molecule has 2 amide bonds. The molecule has 0 aliphatic carbocycles. The van der Waals surface area contributed by atoms with Crippen molar-refractivity contribution in [3.63, 3.8) is 0 Å². The number of benzene rings is 2. The van der Waals surface area contributed by atoms with Gasteiger partial charge in [-0.25, -0.2) is 0 Å². The van der Waals surface area contributed by atoms with Gasteiger partial charge in [0, 0.05) is 48.9 Å². The van der Waals surface area contributed by atoms with Crippen molar-refractivity contribution in [1.82, 2.24) is 29.4 Å². The first-order chi connectivity index (χ1) is 19.7. The van der Waals surface area contributed by atoms with E-state index in [1.165, 1.54) is 6.07 Å². The fourth-order valence-electron chi connectivity index (χ4n) is 5.89. The van der Waals surface area contributed by atoms with Crippen molar-refractivity contribution < 1.29 is 9.59 Å². The maximum absolute atomic E-state index is 14.0. The molecule has 9 nitrogen and oxygen atoms in total. The molecule has 2 aliphatic rings. The van der Waals surface area contributed by atoms with Crippen LogP contribution in [0.25, 0.3) is 11.3 Å². The van der Waals surface area contributed by atoms with E-state index in [1.54, 1.807) is 21.7 Å². The maximum Gasteiger partial charge on any atom is 0.273 e. The molecule has 0 bridgehead atoms. The lowest BCUT2D eigenvalue weighted by atomic mass is 9.96. The van der Waals surface area contributed by atoms with E-state index in [-0.39, 0.29) is 42.0 Å². The van der Waals surface area contributed by atoms with Gasteiger partial charge in [-0.05, 0) is 50.6 Å². The van der Waals surface area contributed by atoms with E-state index in [4.69, 9.17) is 16.7 Å². The molecule has 2 aliphatic heterocycles. The van der Waals surface area contributed by atoms with Gasteiger partial charge < -0.3 is 9.80 Å². The Bertz CT molecular complexity index is 1720. The number of aromatic nitrogens is 4. The topological polar surface area (TPSA) is 100 Å². The van der Waals surface area contributed by atoms with Crippen LogP contribution >= 0.6 is 11.6 Å². The van der Waals surface area contributed by atoms with Crippen LogP contribution in [0.1, 0.15) is 76.1 Å². The standard InChI is InChI=1S/C31H30ClN7O2/c1-18-13-28-25(17-37(18)30(40)23-9-10-26(32)24(14-23)15-33)29-31(41)38(16-19(2)39(29)35-28)20(3)21-5-7-22(8-6-21)27-11-12-36(4)34-27/h5-12,14,18-20H,13,16-17H2,1-4H3/t18-,19-,20?/m1/s1. The minimum Gasteiger partial charge on any atom is -0.331 e. The minimum atomic E-state index is -0.203. The van der Waals surface area contributed by atoms with Crippen LogP contribution < -0.4 is 0 Å².